The van der Waals surface area contributed by atoms with Crippen molar-refractivity contribution in [3.63, 3.8) is 0 Å². The Labute approximate surface area is 248 Å². The summed E-state index contributed by atoms with van der Waals surface area (Å²) in [7, 11) is 0. The van der Waals surface area contributed by atoms with Crippen LogP contribution in [-0.4, -0.2) is 32.3 Å². The maximum Gasteiger partial charge on any atom is 0.251 e. The van der Waals surface area contributed by atoms with Crippen LogP contribution in [0, 0.1) is 13.8 Å². The van der Waals surface area contributed by atoms with Gasteiger partial charge >= 0.3 is 0 Å². The third-order valence-electron chi connectivity index (χ3n) is 6.28. The number of amides is 2. The normalized spacial score (nSPS) is 11.4. The molecule has 0 aliphatic carbocycles. The highest BCUT2D eigenvalue weighted by molar-refractivity contribution is 7.99. The number of halogens is 2. The molecule has 0 bridgehead atoms. The van der Waals surface area contributed by atoms with Crippen molar-refractivity contribution >= 4 is 52.5 Å². The van der Waals surface area contributed by atoms with Gasteiger partial charge in [-0.3, -0.25) is 14.2 Å². The van der Waals surface area contributed by atoms with Crippen LogP contribution in [0.25, 0.3) is 5.69 Å². The minimum absolute atomic E-state index is 0.00484. The third-order valence-corrected chi connectivity index (χ3v) is 7.95. The Bertz CT molecular complexity index is 1540. The summed E-state index contributed by atoms with van der Waals surface area (Å²) < 4.78 is 1.76. The molecule has 2 N–H and O–H groups in total. The highest BCUT2D eigenvalue weighted by atomic mass is 35.5. The van der Waals surface area contributed by atoms with Gasteiger partial charge in [-0.2, -0.15) is 0 Å². The molecule has 0 saturated carbocycles. The molecule has 2 amide bonds. The van der Waals surface area contributed by atoms with Gasteiger partial charge in [0.05, 0.1) is 28.0 Å². The zero-order chi connectivity index (χ0) is 29.0. The zero-order valence-corrected chi connectivity index (χ0v) is 25.3. The van der Waals surface area contributed by atoms with Gasteiger partial charge in [0.1, 0.15) is 0 Å². The first-order valence-electron chi connectivity index (χ1n) is 12.7. The minimum atomic E-state index is -0.230. The second-order valence-electron chi connectivity index (χ2n) is 10.5. The number of hydrogen-bond acceptors (Lipinski definition) is 5. The van der Waals surface area contributed by atoms with Crippen LogP contribution in [0.3, 0.4) is 0 Å². The summed E-state index contributed by atoms with van der Waals surface area (Å²) in [5.41, 5.74) is 5.16. The van der Waals surface area contributed by atoms with Gasteiger partial charge in [-0.1, -0.05) is 80.0 Å². The second-order valence-corrected chi connectivity index (χ2v) is 12.3. The molecule has 0 aliphatic rings. The molecule has 1 aromatic heterocycles. The van der Waals surface area contributed by atoms with E-state index in [-0.39, 0.29) is 29.5 Å². The van der Waals surface area contributed by atoms with Crippen molar-refractivity contribution in [1.82, 2.24) is 20.1 Å². The van der Waals surface area contributed by atoms with Crippen molar-refractivity contribution < 1.29 is 9.59 Å². The molecule has 40 heavy (non-hydrogen) atoms. The summed E-state index contributed by atoms with van der Waals surface area (Å²) in [6.07, 6.45) is 0. The van der Waals surface area contributed by atoms with Crippen molar-refractivity contribution in [2.45, 2.75) is 51.7 Å². The first-order valence-corrected chi connectivity index (χ1v) is 14.4. The molecule has 208 valence electrons. The molecule has 3 aromatic carbocycles. The van der Waals surface area contributed by atoms with E-state index in [2.05, 4.69) is 41.6 Å². The monoisotopic (exact) mass is 595 g/mol. The SMILES string of the molecule is Cc1ccc(C)c(NC(=O)CSc2nnc(CNC(=O)c3ccc(C(C)(C)C)cc3)n2-c2ccc(Cl)c(Cl)c2)c1. The van der Waals surface area contributed by atoms with E-state index >= 15 is 0 Å². The number of carbonyl (C=O) groups excluding carboxylic acids is 2. The Kier molecular flexibility index (Phi) is 9.23. The molecule has 10 heteroatoms. The van der Waals surface area contributed by atoms with Gasteiger partial charge in [0.25, 0.3) is 5.91 Å². The van der Waals surface area contributed by atoms with E-state index in [0.717, 1.165) is 22.4 Å². The molecule has 0 saturated heterocycles. The molecule has 1 heterocycles. The van der Waals surface area contributed by atoms with Crippen LogP contribution in [0.5, 0.6) is 0 Å². The molecular weight excluding hydrogens is 565 g/mol. The summed E-state index contributed by atoms with van der Waals surface area (Å²) >= 11 is 13.7. The Morgan fingerprint density at radius 2 is 1.65 bits per heavy atom. The summed E-state index contributed by atoms with van der Waals surface area (Å²) in [6.45, 7) is 10.4. The Hall–Kier alpha value is -3.33. The predicted molar refractivity (Wildman–Crippen MR) is 163 cm³/mol. The fraction of sp³-hybridized carbons (Fsp3) is 0.267. The van der Waals surface area contributed by atoms with Gasteiger partial charge in [0.15, 0.2) is 11.0 Å². The standard InChI is InChI=1S/C30H31Cl2N5O2S/c1-18-6-7-19(2)25(14-18)34-27(38)17-40-29-36-35-26(37(29)22-12-13-23(31)24(32)15-22)16-33-28(39)20-8-10-21(11-9-20)30(3,4)5/h6-15H,16-17H2,1-5H3,(H,33,39)(H,34,38). The lowest BCUT2D eigenvalue weighted by molar-refractivity contribution is -0.113. The minimum Gasteiger partial charge on any atom is -0.345 e. The van der Waals surface area contributed by atoms with Gasteiger partial charge < -0.3 is 10.6 Å². The van der Waals surface area contributed by atoms with E-state index in [1.165, 1.54) is 11.8 Å². The number of aryl methyl sites for hydroxylation is 2. The van der Waals surface area contributed by atoms with E-state index in [1.54, 1.807) is 22.8 Å². The number of aromatic nitrogens is 3. The number of nitrogens with zero attached hydrogens (tertiary/aromatic N) is 3. The maximum absolute atomic E-state index is 12.9. The van der Waals surface area contributed by atoms with E-state index < -0.39 is 0 Å². The number of anilines is 1. The number of benzene rings is 3. The Balaban J connectivity index is 1.52. The largest absolute Gasteiger partial charge is 0.345 e. The number of rotatable bonds is 8. The first-order chi connectivity index (χ1) is 18.9. The van der Waals surface area contributed by atoms with Gasteiger partial charge in [-0.15, -0.1) is 10.2 Å². The number of carbonyl (C=O) groups is 2. The molecule has 0 unspecified atom stereocenters. The average Bonchev–Trinajstić information content (AvgIpc) is 3.32. The Morgan fingerprint density at radius 3 is 2.33 bits per heavy atom. The fourth-order valence-electron chi connectivity index (χ4n) is 3.96. The third kappa shape index (κ3) is 7.24. The van der Waals surface area contributed by atoms with E-state index in [9.17, 15) is 9.59 Å². The first kappa shape index (κ1) is 29.6. The summed E-state index contributed by atoms with van der Waals surface area (Å²) in [4.78, 5) is 25.7. The molecule has 4 rings (SSSR count). The van der Waals surface area contributed by atoms with Gasteiger partial charge in [-0.25, -0.2) is 0 Å². The maximum atomic E-state index is 12.9. The van der Waals surface area contributed by atoms with Crippen LogP contribution in [0.4, 0.5) is 5.69 Å². The number of nitrogens with one attached hydrogen (secondary N) is 2. The molecule has 4 aromatic rings. The molecule has 0 fully saturated rings. The van der Waals surface area contributed by atoms with E-state index in [0.29, 0.717) is 32.3 Å². The summed E-state index contributed by atoms with van der Waals surface area (Å²) in [5, 5.41) is 15.8. The van der Waals surface area contributed by atoms with E-state index in [1.807, 2.05) is 56.3 Å². The number of hydrogen-bond donors (Lipinski definition) is 2. The molecule has 0 spiro atoms. The lowest BCUT2D eigenvalue weighted by atomic mass is 9.87. The number of thioether (sulfide) groups is 1. The second kappa shape index (κ2) is 12.5. The van der Waals surface area contributed by atoms with Gasteiger partial charge in [0.2, 0.25) is 5.91 Å². The van der Waals surface area contributed by atoms with Crippen LogP contribution >= 0.6 is 35.0 Å². The Morgan fingerprint density at radius 1 is 0.925 bits per heavy atom. The highest BCUT2D eigenvalue weighted by Crippen LogP contribution is 2.29. The van der Waals surface area contributed by atoms with Crippen LogP contribution in [0.15, 0.2) is 65.8 Å². The fourth-order valence-corrected chi connectivity index (χ4v) is 5.02. The van der Waals surface area contributed by atoms with Crippen molar-refractivity contribution in [1.29, 1.82) is 0 Å². The van der Waals surface area contributed by atoms with Crippen LogP contribution < -0.4 is 10.6 Å². The molecule has 0 atom stereocenters. The van der Waals surface area contributed by atoms with Crippen LogP contribution in [0.1, 0.15) is 53.6 Å². The highest BCUT2D eigenvalue weighted by Gasteiger charge is 2.19. The summed E-state index contributed by atoms with van der Waals surface area (Å²) in [6, 6.07) is 18.6. The lowest BCUT2D eigenvalue weighted by Gasteiger charge is -2.19. The molecular formula is C30H31Cl2N5O2S. The quantitative estimate of drug-likeness (QED) is 0.211. The topological polar surface area (TPSA) is 88.9 Å². The lowest BCUT2D eigenvalue weighted by Crippen LogP contribution is -2.25. The van der Waals surface area contributed by atoms with Gasteiger partial charge in [-0.05, 0) is 72.4 Å². The van der Waals surface area contributed by atoms with Crippen molar-refractivity contribution in [2.75, 3.05) is 11.1 Å². The average molecular weight is 597 g/mol. The zero-order valence-electron chi connectivity index (χ0n) is 23.0. The van der Waals surface area contributed by atoms with E-state index in [4.69, 9.17) is 23.2 Å². The molecule has 0 aliphatic heterocycles. The van der Waals surface area contributed by atoms with Crippen molar-refractivity contribution in [3.05, 3.63) is 98.8 Å². The predicted octanol–water partition coefficient (Wildman–Crippen LogP) is 7.15. The molecule has 0 radical (unpaired) electrons. The molecule has 7 nitrogen and oxygen atoms in total. The summed E-state index contributed by atoms with van der Waals surface area (Å²) in [5.74, 6) is 0.192. The van der Waals surface area contributed by atoms with Crippen LogP contribution in [0.2, 0.25) is 10.0 Å². The van der Waals surface area contributed by atoms with Crippen LogP contribution in [-0.2, 0) is 16.8 Å². The van der Waals surface area contributed by atoms with Gasteiger partial charge in [0, 0.05) is 11.3 Å². The van der Waals surface area contributed by atoms with Crippen molar-refractivity contribution in [2.24, 2.45) is 0 Å². The van der Waals surface area contributed by atoms with Crippen molar-refractivity contribution in [3.8, 4) is 5.69 Å². The smallest absolute Gasteiger partial charge is 0.251 e.